The van der Waals surface area contributed by atoms with Gasteiger partial charge in [0.05, 0.1) is 24.7 Å². The summed E-state index contributed by atoms with van der Waals surface area (Å²) >= 11 is 0. The molecule has 0 aliphatic heterocycles. The van der Waals surface area contributed by atoms with Crippen molar-refractivity contribution in [2.24, 2.45) is 0 Å². The Morgan fingerprint density at radius 3 is 2.53 bits per heavy atom. The minimum Gasteiger partial charge on any atom is -0.464 e. The number of nitrogens with two attached hydrogens (primary N) is 1. The Morgan fingerprint density at radius 2 is 2.00 bits per heavy atom. The Hall–Kier alpha value is -2.43. The molecule has 0 unspecified atom stereocenters. The maximum Gasteiger partial charge on any atom is 0.356 e. The molecular formula is C12H11N3O2. The van der Waals surface area contributed by atoms with Crippen molar-refractivity contribution >= 4 is 11.7 Å². The molecular weight excluding hydrogens is 218 g/mol. The largest absolute Gasteiger partial charge is 0.464 e. The van der Waals surface area contributed by atoms with E-state index in [-0.39, 0.29) is 5.69 Å². The monoisotopic (exact) mass is 229 g/mol. The van der Waals surface area contributed by atoms with E-state index in [0.717, 1.165) is 11.3 Å². The number of hydrogen-bond donors (Lipinski definition) is 1. The molecule has 0 aromatic carbocycles. The molecule has 2 heterocycles. The van der Waals surface area contributed by atoms with Crippen LogP contribution in [0.4, 0.5) is 5.69 Å². The van der Waals surface area contributed by atoms with Crippen LogP contribution < -0.4 is 5.73 Å². The number of carbonyl (C=O) groups is 1. The van der Waals surface area contributed by atoms with Crippen LogP contribution in [-0.4, -0.2) is 23.0 Å². The summed E-state index contributed by atoms with van der Waals surface area (Å²) in [6.07, 6.45) is 3.15. The summed E-state index contributed by atoms with van der Waals surface area (Å²) < 4.78 is 4.56. The van der Waals surface area contributed by atoms with Crippen LogP contribution in [0.3, 0.4) is 0 Å². The average Bonchev–Trinajstić information content (AvgIpc) is 2.39. The number of hydrogen-bond acceptors (Lipinski definition) is 5. The van der Waals surface area contributed by atoms with E-state index in [2.05, 4.69) is 14.7 Å². The summed E-state index contributed by atoms with van der Waals surface area (Å²) in [6.45, 7) is 0. The van der Waals surface area contributed by atoms with Crippen LogP contribution in [0.25, 0.3) is 11.3 Å². The van der Waals surface area contributed by atoms with E-state index in [9.17, 15) is 4.79 Å². The topological polar surface area (TPSA) is 78.1 Å². The Bertz CT molecular complexity index is 520. The number of nitrogen functional groups attached to an aromatic ring is 1. The summed E-state index contributed by atoms with van der Waals surface area (Å²) in [6, 6.07) is 6.91. The van der Waals surface area contributed by atoms with E-state index in [1.807, 2.05) is 0 Å². The van der Waals surface area contributed by atoms with Gasteiger partial charge < -0.3 is 10.5 Å². The maximum absolute atomic E-state index is 11.2. The van der Waals surface area contributed by atoms with Crippen LogP contribution in [0, 0.1) is 0 Å². The molecule has 17 heavy (non-hydrogen) atoms. The maximum atomic E-state index is 11.2. The van der Waals surface area contributed by atoms with E-state index in [1.165, 1.54) is 7.11 Å². The predicted molar refractivity (Wildman–Crippen MR) is 63.2 cm³/mol. The number of nitrogens with zero attached hydrogens (tertiary/aromatic N) is 2. The first-order valence-corrected chi connectivity index (χ1v) is 4.97. The molecule has 5 nitrogen and oxygen atoms in total. The second-order valence-electron chi connectivity index (χ2n) is 3.40. The van der Waals surface area contributed by atoms with Gasteiger partial charge in [0.15, 0.2) is 0 Å². The molecule has 0 atom stereocenters. The van der Waals surface area contributed by atoms with Gasteiger partial charge >= 0.3 is 5.97 Å². The standard InChI is InChI=1S/C12H11N3O2/c1-17-12(16)11-4-2-8(6-14-11)10-5-3-9(13)7-15-10/h2-7H,13H2,1H3. The Balaban J connectivity index is 2.29. The number of anilines is 1. The summed E-state index contributed by atoms with van der Waals surface area (Å²) in [4.78, 5) is 19.4. The first-order valence-electron chi connectivity index (χ1n) is 4.97. The molecule has 0 aliphatic carbocycles. The van der Waals surface area contributed by atoms with E-state index < -0.39 is 5.97 Å². The van der Waals surface area contributed by atoms with E-state index in [1.54, 1.807) is 36.7 Å². The zero-order valence-electron chi connectivity index (χ0n) is 9.25. The lowest BCUT2D eigenvalue weighted by Gasteiger charge is -2.02. The van der Waals surface area contributed by atoms with Crippen molar-refractivity contribution in [2.75, 3.05) is 12.8 Å². The minimum absolute atomic E-state index is 0.270. The summed E-state index contributed by atoms with van der Waals surface area (Å²) in [5.74, 6) is -0.457. The second-order valence-corrected chi connectivity index (χ2v) is 3.40. The molecule has 0 saturated carbocycles. The first-order chi connectivity index (χ1) is 8.20. The lowest BCUT2D eigenvalue weighted by molar-refractivity contribution is 0.0594. The van der Waals surface area contributed by atoms with Gasteiger partial charge in [0, 0.05) is 11.8 Å². The fourth-order valence-corrected chi connectivity index (χ4v) is 1.35. The van der Waals surface area contributed by atoms with E-state index >= 15 is 0 Å². The highest BCUT2D eigenvalue weighted by Gasteiger charge is 2.07. The molecule has 5 heteroatoms. The molecule has 0 saturated heterocycles. The normalized spacial score (nSPS) is 9.94. The van der Waals surface area contributed by atoms with Crippen LogP contribution in [0.5, 0.6) is 0 Å². The van der Waals surface area contributed by atoms with Crippen molar-refractivity contribution in [1.29, 1.82) is 0 Å². The lowest BCUT2D eigenvalue weighted by atomic mass is 10.2. The van der Waals surface area contributed by atoms with Gasteiger partial charge in [-0.2, -0.15) is 0 Å². The number of pyridine rings is 2. The molecule has 0 fully saturated rings. The molecule has 0 bridgehead atoms. The van der Waals surface area contributed by atoms with E-state index in [4.69, 9.17) is 5.73 Å². The highest BCUT2D eigenvalue weighted by Crippen LogP contribution is 2.16. The third-order valence-corrected chi connectivity index (χ3v) is 2.24. The van der Waals surface area contributed by atoms with Crippen molar-refractivity contribution in [3.05, 3.63) is 42.4 Å². The molecule has 2 aromatic heterocycles. The second kappa shape index (κ2) is 4.61. The quantitative estimate of drug-likeness (QED) is 0.790. The van der Waals surface area contributed by atoms with Gasteiger partial charge in [0.1, 0.15) is 5.69 Å². The van der Waals surface area contributed by atoms with Gasteiger partial charge in [-0.3, -0.25) is 4.98 Å². The highest BCUT2D eigenvalue weighted by molar-refractivity contribution is 5.87. The SMILES string of the molecule is COC(=O)c1ccc(-c2ccc(N)cn2)cn1. The molecule has 0 radical (unpaired) electrons. The third kappa shape index (κ3) is 2.39. The van der Waals surface area contributed by atoms with Crippen LogP contribution in [-0.2, 0) is 4.74 Å². The van der Waals surface area contributed by atoms with E-state index in [0.29, 0.717) is 5.69 Å². The van der Waals surface area contributed by atoms with Gasteiger partial charge in [-0.25, -0.2) is 9.78 Å². The average molecular weight is 229 g/mol. The van der Waals surface area contributed by atoms with Crippen LogP contribution >= 0.6 is 0 Å². The van der Waals surface area contributed by atoms with Gasteiger partial charge in [-0.15, -0.1) is 0 Å². The number of methoxy groups -OCH3 is 1. The molecule has 86 valence electrons. The Morgan fingerprint density at radius 1 is 1.18 bits per heavy atom. The van der Waals surface area contributed by atoms with Gasteiger partial charge in [-0.1, -0.05) is 0 Å². The summed E-state index contributed by atoms with van der Waals surface area (Å²) in [7, 11) is 1.32. The molecule has 2 N–H and O–H groups in total. The number of carbonyl (C=O) groups excluding carboxylic acids is 1. The van der Waals surface area contributed by atoms with Crippen molar-refractivity contribution in [1.82, 2.24) is 9.97 Å². The van der Waals surface area contributed by atoms with Crippen LogP contribution in [0.2, 0.25) is 0 Å². The van der Waals surface area contributed by atoms with Crippen molar-refractivity contribution in [2.45, 2.75) is 0 Å². The van der Waals surface area contributed by atoms with Crippen molar-refractivity contribution in [3.63, 3.8) is 0 Å². The molecule has 0 amide bonds. The van der Waals surface area contributed by atoms with Crippen LogP contribution in [0.15, 0.2) is 36.7 Å². The molecule has 2 aromatic rings. The van der Waals surface area contributed by atoms with Crippen LogP contribution in [0.1, 0.15) is 10.5 Å². The molecule has 0 aliphatic rings. The van der Waals surface area contributed by atoms with Gasteiger partial charge in [0.2, 0.25) is 0 Å². The molecule has 2 rings (SSSR count). The predicted octanol–water partition coefficient (Wildman–Crippen LogP) is 1.51. The Labute approximate surface area is 98.3 Å². The number of aromatic nitrogens is 2. The lowest BCUT2D eigenvalue weighted by Crippen LogP contribution is -2.03. The smallest absolute Gasteiger partial charge is 0.356 e. The fourth-order valence-electron chi connectivity index (χ4n) is 1.35. The number of esters is 1. The number of rotatable bonds is 2. The summed E-state index contributed by atoms with van der Waals surface area (Å²) in [5, 5.41) is 0. The zero-order chi connectivity index (χ0) is 12.3. The van der Waals surface area contributed by atoms with Gasteiger partial charge in [0.25, 0.3) is 0 Å². The minimum atomic E-state index is -0.457. The summed E-state index contributed by atoms with van der Waals surface area (Å²) in [5.41, 5.74) is 7.99. The first kappa shape index (κ1) is 11.1. The zero-order valence-corrected chi connectivity index (χ0v) is 9.25. The van der Waals surface area contributed by atoms with Crippen molar-refractivity contribution < 1.29 is 9.53 Å². The Kier molecular flexibility index (Phi) is 3.00. The molecule has 0 spiro atoms. The highest BCUT2D eigenvalue weighted by atomic mass is 16.5. The fraction of sp³-hybridized carbons (Fsp3) is 0.0833. The van der Waals surface area contributed by atoms with Crippen molar-refractivity contribution in [3.8, 4) is 11.3 Å². The third-order valence-electron chi connectivity index (χ3n) is 2.24. The van der Waals surface area contributed by atoms with Gasteiger partial charge in [-0.05, 0) is 24.3 Å². The number of ether oxygens (including phenoxy) is 1.